The predicted octanol–water partition coefficient (Wildman–Crippen LogP) is 2.22. The van der Waals surface area contributed by atoms with Crippen LogP contribution in [0.25, 0.3) is 11.4 Å². The van der Waals surface area contributed by atoms with E-state index in [0.29, 0.717) is 18.0 Å². The summed E-state index contributed by atoms with van der Waals surface area (Å²) in [6.07, 6.45) is 4.33. The Labute approximate surface area is 133 Å². The van der Waals surface area contributed by atoms with Crippen molar-refractivity contribution in [2.75, 3.05) is 6.61 Å². The fraction of sp³-hybridized carbons (Fsp3) is 0.250. The molecular formula is C16H17N5O2. The number of aromatic nitrogens is 5. The Morgan fingerprint density at radius 3 is 2.78 bits per heavy atom. The smallest absolute Gasteiger partial charge is 0.338 e. The van der Waals surface area contributed by atoms with Crippen molar-refractivity contribution in [1.82, 2.24) is 25.0 Å². The molecule has 7 heteroatoms. The highest BCUT2D eigenvalue weighted by Crippen LogP contribution is 2.15. The molecule has 2 heterocycles. The number of carbonyl (C=O) groups is 1. The van der Waals surface area contributed by atoms with Crippen LogP contribution in [0.4, 0.5) is 0 Å². The largest absolute Gasteiger partial charge is 0.462 e. The molecule has 0 radical (unpaired) electrons. The lowest BCUT2D eigenvalue weighted by Gasteiger charge is -2.05. The minimum Gasteiger partial charge on any atom is -0.462 e. The molecule has 23 heavy (non-hydrogen) atoms. The molecule has 1 aromatic carbocycles. The number of esters is 1. The van der Waals surface area contributed by atoms with Gasteiger partial charge in [0.2, 0.25) is 0 Å². The van der Waals surface area contributed by atoms with E-state index in [1.807, 2.05) is 36.0 Å². The van der Waals surface area contributed by atoms with Gasteiger partial charge >= 0.3 is 5.97 Å². The summed E-state index contributed by atoms with van der Waals surface area (Å²) >= 11 is 0. The molecule has 0 bridgehead atoms. The average Bonchev–Trinajstić information content (AvgIpc) is 3.23. The van der Waals surface area contributed by atoms with Gasteiger partial charge in [-0.1, -0.05) is 12.1 Å². The maximum absolute atomic E-state index is 12.0. The lowest BCUT2D eigenvalue weighted by atomic mass is 10.1. The Bertz CT molecular complexity index is 762. The van der Waals surface area contributed by atoms with E-state index in [-0.39, 0.29) is 5.97 Å². The number of ether oxygens (including phenoxy) is 1. The van der Waals surface area contributed by atoms with Crippen LogP contribution in [0.1, 0.15) is 22.6 Å². The van der Waals surface area contributed by atoms with Crippen LogP contribution in [0.3, 0.4) is 0 Å². The van der Waals surface area contributed by atoms with Crippen LogP contribution in [0.5, 0.6) is 0 Å². The van der Waals surface area contributed by atoms with Gasteiger partial charge in [-0.05, 0) is 25.1 Å². The van der Waals surface area contributed by atoms with Crippen molar-refractivity contribution in [3.05, 3.63) is 54.1 Å². The fourth-order valence-corrected chi connectivity index (χ4v) is 2.13. The zero-order valence-corrected chi connectivity index (χ0v) is 12.8. The maximum atomic E-state index is 12.0. The number of benzene rings is 1. The van der Waals surface area contributed by atoms with Gasteiger partial charge in [0.15, 0.2) is 5.82 Å². The molecule has 0 aliphatic rings. The summed E-state index contributed by atoms with van der Waals surface area (Å²) in [5.41, 5.74) is 1.37. The molecule has 0 atom stereocenters. The Morgan fingerprint density at radius 1 is 1.30 bits per heavy atom. The molecule has 2 aromatic heterocycles. The molecule has 0 amide bonds. The molecule has 0 spiro atoms. The first-order valence-electron chi connectivity index (χ1n) is 7.36. The SMILES string of the molecule is Cc1nc(-c2ccc(C(=O)OCCCn3cccn3)cc2)n[nH]1. The molecule has 0 fully saturated rings. The number of carbonyl (C=O) groups excluding carboxylic acids is 1. The fourth-order valence-electron chi connectivity index (χ4n) is 2.13. The number of aromatic amines is 1. The third-order valence-corrected chi connectivity index (χ3v) is 3.30. The highest BCUT2D eigenvalue weighted by atomic mass is 16.5. The summed E-state index contributed by atoms with van der Waals surface area (Å²) in [6, 6.07) is 8.92. The molecule has 118 valence electrons. The van der Waals surface area contributed by atoms with Crippen molar-refractivity contribution in [2.24, 2.45) is 0 Å². The van der Waals surface area contributed by atoms with Gasteiger partial charge in [-0.3, -0.25) is 9.78 Å². The van der Waals surface area contributed by atoms with E-state index in [0.717, 1.165) is 24.4 Å². The van der Waals surface area contributed by atoms with Crippen molar-refractivity contribution in [3.8, 4) is 11.4 Å². The summed E-state index contributed by atoms with van der Waals surface area (Å²) in [5, 5.41) is 11.0. The van der Waals surface area contributed by atoms with Crippen molar-refractivity contribution >= 4 is 5.97 Å². The van der Waals surface area contributed by atoms with Gasteiger partial charge in [0.25, 0.3) is 0 Å². The molecule has 3 rings (SSSR count). The second kappa shape index (κ2) is 6.87. The number of rotatable bonds is 6. The molecule has 7 nitrogen and oxygen atoms in total. The summed E-state index contributed by atoms with van der Waals surface area (Å²) in [4.78, 5) is 16.2. The third kappa shape index (κ3) is 3.82. The average molecular weight is 311 g/mol. The molecule has 3 aromatic rings. The summed E-state index contributed by atoms with van der Waals surface area (Å²) in [5.74, 6) is 1.03. The lowest BCUT2D eigenvalue weighted by molar-refractivity contribution is 0.0495. The Kier molecular flexibility index (Phi) is 4.46. The van der Waals surface area contributed by atoms with Crippen LogP contribution in [0.2, 0.25) is 0 Å². The monoisotopic (exact) mass is 311 g/mol. The van der Waals surface area contributed by atoms with Crippen LogP contribution in [-0.2, 0) is 11.3 Å². The van der Waals surface area contributed by atoms with Gasteiger partial charge in [0.1, 0.15) is 5.82 Å². The first-order valence-corrected chi connectivity index (χ1v) is 7.36. The van der Waals surface area contributed by atoms with Gasteiger partial charge in [-0.15, -0.1) is 0 Å². The standard InChI is InChI=1S/C16H17N5O2/c1-12-18-15(20-19-12)13-4-6-14(7-5-13)16(22)23-11-3-10-21-9-2-8-17-21/h2,4-9H,3,10-11H2,1H3,(H,18,19,20). The maximum Gasteiger partial charge on any atom is 0.338 e. The normalized spacial score (nSPS) is 10.7. The summed E-state index contributed by atoms with van der Waals surface area (Å²) in [6.45, 7) is 2.93. The Morgan fingerprint density at radius 2 is 2.13 bits per heavy atom. The topological polar surface area (TPSA) is 85.7 Å². The second-order valence-electron chi connectivity index (χ2n) is 5.08. The number of hydrogen-bond acceptors (Lipinski definition) is 5. The lowest BCUT2D eigenvalue weighted by Crippen LogP contribution is -2.09. The molecule has 1 N–H and O–H groups in total. The second-order valence-corrected chi connectivity index (χ2v) is 5.08. The Balaban J connectivity index is 1.51. The van der Waals surface area contributed by atoms with E-state index < -0.39 is 0 Å². The number of H-pyrrole nitrogens is 1. The first kappa shape index (κ1) is 15.0. The minimum absolute atomic E-state index is 0.330. The first-order chi connectivity index (χ1) is 11.2. The van der Waals surface area contributed by atoms with E-state index in [1.54, 1.807) is 18.3 Å². The van der Waals surface area contributed by atoms with Crippen LogP contribution < -0.4 is 0 Å². The van der Waals surface area contributed by atoms with Crippen molar-refractivity contribution in [2.45, 2.75) is 19.9 Å². The number of nitrogens with one attached hydrogen (secondary N) is 1. The third-order valence-electron chi connectivity index (χ3n) is 3.30. The molecule has 0 aliphatic carbocycles. The van der Waals surface area contributed by atoms with Crippen molar-refractivity contribution in [3.63, 3.8) is 0 Å². The molecule has 0 unspecified atom stereocenters. The zero-order valence-electron chi connectivity index (χ0n) is 12.8. The summed E-state index contributed by atoms with van der Waals surface area (Å²) in [7, 11) is 0. The molecule has 0 saturated heterocycles. The van der Waals surface area contributed by atoms with E-state index in [9.17, 15) is 4.79 Å². The van der Waals surface area contributed by atoms with E-state index in [4.69, 9.17) is 4.74 Å². The van der Waals surface area contributed by atoms with E-state index >= 15 is 0 Å². The van der Waals surface area contributed by atoms with Gasteiger partial charge in [0, 0.05) is 30.9 Å². The quantitative estimate of drug-likeness (QED) is 0.557. The summed E-state index contributed by atoms with van der Waals surface area (Å²) < 4.78 is 7.07. The van der Waals surface area contributed by atoms with E-state index in [2.05, 4.69) is 20.3 Å². The van der Waals surface area contributed by atoms with Crippen molar-refractivity contribution in [1.29, 1.82) is 0 Å². The molecular weight excluding hydrogens is 294 g/mol. The van der Waals surface area contributed by atoms with Crippen LogP contribution in [-0.4, -0.2) is 37.5 Å². The van der Waals surface area contributed by atoms with Crippen LogP contribution in [0.15, 0.2) is 42.7 Å². The zero-order chi connectivity index (χ0) is 16.1. The molecule has 0 saturated carbocycles. The van der Waals surface area contributed by atoms with Crippen LogP contribution in [0, 0.1) is 6.92 Å². The van der Waals surface area contributed by atoms with Crippen LogP contribution >= 0.6 is 0 Å². The van der Waals surface area contributed by atoms with Gasteiger partial charge in [-0.2, -0.15) is 10.2 Å². The molecule has 0 aliphatic heterocycles. The number of aryl methyl sites for hydroxylation is 2. The minimum atomic E-state index is -0.330. The van der Waals surface area contributed by atoms with Gasteiger partial charge < -0.3 is 4.74 Å². The number of hydrogen-bond donors (Lipinski definition) is 1. The highest BCUT2D eigenvalue weighted by molar-refractivity contribution is 5.89. The predicted molar refractivity (Wildman–Crippen MR) is 83.7 cm³/mol. The van der Waals surface area contributed by atoms with Crippen molar-refractivity contribution < 1.29 is 9.53 Å². The number of nitrogens with zero attached hydrogens (tertiary/aromatic N) is 4. The highest BCUT2D eigenvalue weighted by Gasteiger charge is 2.09. The van der Waals surface area contributed by atoms with Gasteiger partial charge in [0.05, 0.1) is 12.2 Å². The Hall–Kier alpha value is -2.96. The van der Waals surface area contributed by atoms with Gasteiger partial charge in [-0.25, -0.2) is 9.78 Å². The van der Waals surface area contributed by atoms with E-state index in [1.165, 1.54) is 0 Å².